The molecule has 1 fully saturated rings. The zero-order valence-electron chi connectivity index (χ0n) is 13.4. The molecule has 2 heterocycles. The van der Waals surface area contributed by atoms with Crippen LogP contribution in [0.5, 0.6) is 0 Å². The summed E-state index contributed by atoms with van der Waals surface area (Å²) in [5.41, 5.74) is 3.76. The van der Waals surface area contributed by atoms with E-state index < -0.39 is 0 Å². The number of nitrogens with two attached hydrogens (primary N) is 1. The van der Waals surface area contributed by atoms with Gasteiger partial charge in [0.1, 0.15) is 18.0 Å². The van der Waals surface area contributed by atoms with Crippen molar-refractivity contribution in [2.45, 2.75) is 46.1 Å². The number of hydrogen-bond donors (Lipinski definition) is 3. The Balaban J connectivity index is 1.97. The lowest BCUT2D eigenvalue weighted by atomic mass is 10.1. The molecule has 0 amide bonds. The van der Waals surface area contributed by atoms with Crippen LogP contribution in [-0.2, 0) is 6.42 Å². The minimum absolute atomic E-state index is 0.637. The van der Waals surface area contributed by atoms with E-state index in [2.05, 4.69) is 46.4 Å². The largest absolute Gasteiger partial charge is 0.369 e. The van der Waals surface area contributed by atoms with Crippen LogP contribution in [0, 0.1) is 5.92 Å². The molecule has 1 aromatic heterocycles. The number of rotatable bonds is 7. The fourth-order valence-electron chi connectivity index (χ4n) is 2.92. The van der Waals surface area contributed by atoms with Gasteiger partial charge in [-0.1, -0.05) is 13.3 Å². The molecular formula is C15H28N6. The Morgan fingerprint density at radius 1 is 1.38 bits per heavy atom. The Hall–Kier alpha value is -1.40. The molecule has 1 aromatic rings. The van der Waals surface area contributed by atoms with Crippen molar-refractivity contribution in [1.82, 2.24) is 14.9 Å². The maximum Gasteiger partial charge on any atom is 0.148 e. The maximum absolute atomic E-state index is 5.54. The van der Waals surface area contributed by atoms with Crippen LogP contribution in [0.4, 0.5) is 11.6 Å². The summed E-state index contributed by atoms with van der Waals surface area (Å²) in [7, 11) is 0. The van der Waals surface area contributed by atoms with Gasteiger partial charge in [-0.15, -0.1) is 0 Å². The molecule has 118 valence electrons. The normalized spacial score (nSPS) is 19.2. The van der Waals surface area contributed by atoms with Crippen LogP contribution in [0.3, 0.4) is 0 Å². The number of nitrogen functional groups attached to an aromatic ring is 1. The molecule has 0 bridgehead atoms. The molecule has 0 aliphatic carbocycles. The predicted molar refractivity (Wildman–Crippen MR) is 87.1 cm³/mol. The van der Waals surface area contributed by atoms with Crippen LogP contribution in [-0.4, -0.2) is 40.5 Å². The van der Waals surface area contributed by atoms with Gasteiger partial charge in [0.15, 0.2) is 0 Å². The SMILES string of the molecule is CCCc1c(NN)ncnc1NCC1CCN(C(C)C)C1. The van der Waals surface area contributed by atoms with Crippen LogP contribution in [0.25, 0.3) is 0 Å². The third kappa shape index (κ3) is 4.04. The van der Waals surface area contributed by atoms with Gasteiger partial charge in [0.05, 0.1) is 0 Å². The molecule has 1 saturated heterocycles. The van der Waals surface area contributed by atoms with Crippen molar-refractivity contribution in [1.29, 1.82) is 0 Å². The van der Waals surface area contributed by atoms with Crippen LogP contribution in [0.2, 0.25) is 0 Å². The Morgan fingerprint density at radius 2 is 2.14 bits per heavy atom. The Bertz CT molecular complexity index is 448. The van der Waals surface area contributed by atoms with Gasteiger partial charge < -0.3 is 15.6 Å². The van der Waals surface area contributed by atoms with Crippen molar-refractivity contribution in [3.63, 3.8) is 0 Å². The van der Waals surface area contributed by atoms with Crippen LogP contribution in [0.1, 0.15) is 39.2 Å². The van der Waals surface area contributed by atoms with Crippen molar-refractivity contribution in [3.8, 4) is 0 Å². The van der Waals surface area contributed by atoms with Crippen LogP contribution < -0.4 is 16.6 Å². The van der Waals surface area contributed by atoms with E-state index in [9.17, 15) is 0 Å². The quantitative estimate of drug-likeness (QED) is 0.526. The second-order valence-corrected chi connectivity index (χ2v) is 6.07. The molecule has 0 spiro atoms. The Kier molecular flexibility index (Phi) is 5.76. The molecule has 21 heavy (non-hydrogen) atoms. The summed E-state index contributed by atoms with van der Waals surface area (Å²) >= 11 is 0. The number of nitrogens with zero attached hydrogens (tertiary/aromatic N) is 3. The lowest BCUT2D eigenvalue weighted by molar-refractivity contribution is 0.266. The summed E-state index contributed by atoms with van der Waals surface area (Å²) in [6.07, 6.45) is 4.78. The predicted octanol–water partition coefficient (Wildman–Crippen LogP) is 1.86. The number of nitrogens with one attached hydrogen (secondary N) is 2. The van der Waals surface area contributed by atoms with Crippen molar-refractivity contribution in [2.24, 2.45) is 11.8 Å². The highest BCUT2D eigenvalue weighted by atomic mass is 15.3. The number of likely N-dealkylation sites (tertiary alicyclic amines) is 1. The van der Waals surface area contributed by atoms with Crippen molar-refractivity contribution >= 4 is 11.6 Å². The lowest BCUT2D eigenvalue weighted by Crippen LogP contribution is -2.29. The lowest BCUT2D eigenvalue weighted by Gasteiger charge is -2.20. The second kappa shape index (κ2) is 7.56. The molecule has 6 nitrogen and oxygen atoms in total. The topological polar surface area (TPSA) is 79.1 Å². The van der Waals surface area contributed by atoms with Crippen molar-refractivity contribution in [3.05, 3.63) is 11.9 Å². The van der Waals surface area contributed by atoms with E-state index in [1.165, 1.54) is 19.5 Å². The minimum atomic E-state index is 0.637. The summed E-state index contributed by atoms with van der Waals surface area (Å²) in [5, 5.41) is 3.50. The zero-order valence-corrected chi connectivity index (χ0v) is 13.4. The van der Waals surface area contributed by atoms with Gasteiger partial charge in [0.25, 0.3) is 0 Å². The number of hydrazine groups is 1. The van der Waals surface area contributed by atoms with Gasteiger partial charge in [-0.3, -0.25) is 0 Å². The summed E-state index contributed by atoms with van der Waals surface area (Å²) < 4.78 is 0. The molecule has 1 unspecified atom stereocenters. The van der Waals surface area contributed by atoms with Crippen LogP contribution in [0.15, 0.2) is 6.33 Å². The van der Waals surface area contributed by atoms with Gasteiger partial charge in [-0.25, -0.2) is 15.8 Å². The highest BCUT2D eigenvalue weighted by Gasteiger charge is 2.24. The highest BCUT2D eigenvalue weighted by Crippen LogP contribution is 2.23. The summed E-state index contributed by atoms with van der Waals surface area (Å²) in [4.78, 5) is 11.1. The fourth-order valence-corrected chi connectivity index (χ4v) is 2.92. The summed E-state index contributed by atoms with van der Waals surface area (Å²) in [5.74, 6) is 7.88. The average Bonchev–Trinajstić information content (AvgIpc) is 2.95. The molecule has 0 aromatic carbocycles. The van der Waals surface area contributed by atoms with E-state index in [1.807, 2.05) is 0 Å². The van der Waals surface area contributed by atoms with Gasteiger partial charge in [0.2, 0.25) is 0 Å². The molecule has 1 aliphatic heterocycles. The molecule has 0 saturated carbocycles. The standard InChI is InChI=1S/C15H28N6/c1-4-5-13-14(18-10-19-15(13)20-16)17-8-12-6-7-21(9-12)11(2)3/h10-12H,4-9,16H2,1-3H3,(H2,17,18,19,20). The number of aromatic nitrogens is 2. The van der Waals surface area contributed by atoms with E-state index in [4.69, 9.17) is 5.84 Å². The third-order valence-corrected chi connectivity index (χ3v) is 4.19. The Labute approximate surface area is 127 Å². The second-order valence-electron chi connectivity index (χ2n) is 6.07. The van der Waals surface area contributed by atoms with Gasteiger partial charge >= 0.3 is 0 Å². The van der Waals surface area contributed by atoms with E-state index in [-0.39, 0.29) is 0 Å². The van der Waals surface area contributed by atoms with E-state index in [0.717, 1.165) is 36.6 Å². The number of hydrogen-bond acceptors (Lipinski definition) is 6. The highest BCUT2D eigenvalue weighted by molar-refractivity contribution is 5.56. The monoisotopic (exact) mass is 292 g/mol. The molecule has 6 heteroatoms. The first kappa shape index (κ1) is 16.0. The first-order chi connectivity index (χ1) is 10.2. The maximum atomic E-state index is 5.54. The van der Waals surface area contributed by atoms with Gasteiger partial charge in [-0.2, -0.15) is 0 Å². The van der Waals surface area contributed by atoms with Crippen molar-refractivity contribution < 1.29 is 0 Å². The summed E-state index contributed by atoms with van der Waals surface area (Å²) in [6.45, 7) is 10.00. The molecule has 4 N–H and O–H groups in total. The average molecular weight is 292 g/mol. The molecule has 2 rings (SSSR count). The third-order valence-electron chi connectivity index (χ3n) is 4.19. The minimum Gasteiger partial charge on any atom is -0.369 e. The zero-order chi connectivity index (χ0) is 15.2. The van der Waals surface area contributed by atoms with Crippen LogP contribution >= 0.6 is 0 Å². The van der Waals surface area contributed by atoms with E-state index in [0.29, 0.717) is 12.0 Å². The van der Waals surface area contributed by atoms with Crippen molar-refractivity contribution in [2.75, 3.05) is 30.4 Å². The Morgan fingerprint density at radius 3 is 2.76 bits per heavy atom. The van der Waals surface area contributed by atoms with Gasteiger partial charge in [0, 0.05) is 24.7 Å². The first-order valence-corrected chi connectivity index (χ1v) is 7.94. The molecule has 0 radical (unpaired) electrons. The smallest absolute Gasteiger partial charge is 0.148 e. The van der Waals surface area contributed by atoms with Gasteiger partial charge in [-0.05, 0) is 39.2 Å². The molecular weight excluding hydrogens is 264 g/mol. The first-order valence-electron chi connectivity index (χ1n) is 7.94. The molecule has 1 aliphatic rings. The number of anilines is 2. The summed E-state index contributed by atoms with van der Waals surface area (Å²) in [6, 6.07) is 0.637. The van der Waals surface area contributed by atoms with E-state index in [1.54, 1.807) is 6.33 Å². The molecule has 1 atom stereocenters. The van der Waals surface area contributed by atoms with E-state index >= 15 is 0 Å². The fraction of sp³-hybridized carbons (Fsp3) is 0.733.